The molecule has 0 amide bonds. The van der Waals surface area contributed by atoms with E-state index in [0.717, 1.165) is 0 Å². The first kappa shape index (κ1) is 13.7. The largest absolute Gasteiger partial charge is 0.396 e. The number of nitrogens with two attached hydrogens (primary N) is 1. The molecule has 0 aliphatic carbocycles. The summed E-state index contributed by atoms with van der Waals surface area (Å²) in [5.41, 5.74) is 6.35. The minimum atomic E-state index is -0.384. The van der Waals surface area contributed by atoms with Crippen LogP contribution in [0.25, 0.3) is 0 Å². The first-order valence-electron chi connectivity index (χ1n) is 3.96. The van der Waals surface area contributed by atoms with E-state index in [0.29, 0.717) is 17.0 Å². The number of aliphatic hydroxyl groups is 1. The Morgan fingerprint density at radius 3 is 2.64 bits per heavy atom. The molecule has 1 aromatic rings. The summed E-state index contributed by atoms with van der Waals surface area (Å²) in [5.74, 6) is -0.384. The molecular weight excluding hydrogens is 228 g/mol. The van der Waals surface area contributed by atoms with Crippen molar-refractivity contribution in [3.8, 4) is 0 Å². The van der Waals surface area contributed by atoms with Crippen LogP contribution in [0, 0.1) is 5.82 Å². The monoisotopic (exact) mass is 239 g/mol. The lowest BCUT2D eigenvalue weighted by Crippen LogP contribution is -2.12. The molecule has 0 fully saturated rings. The molecule has 0 saturated carbocycles. The molecule has 0 bridgehead atoms. The van der Waals surface area contributed by atoms with E-state index in [9.17, 15) is 4.39 Å². The molecule has 80 valence electrons. The number of hydrogen-bond acceptors (Lipinski definition) is 2. The quantitative estimate of drug-likeness (QED) is 0.851. The normalized spacial score (nSPS) is 12.0. The first-order valence-corrected chi connectivity index (χ1v) is 4.34. The van der Waals surface area contributed by atoms with Gasteiger partial charge in [-0.2, -0.15) is 0 Å². The van der Waals surface area contributed by atoms with Gasteiger partial charge in [0.2, 0.25) is 0 Å². The fourth-order valence-corrected chi connectivity index (χ4v) is 1.40. The predicted octanol–water partition coefficient (Wildman–Crippen LogP) is 2.28. The molecule has 14 heavy (non-hydrogen) atoms. The van der Waals surface area contributed by atoms with E-state index in [4.69, 9.17) is 22.4 Å². The Hall–Kier alpha value is -0.350. The lowest BCUT2D eigenvalue weighted by molar-refractivity contribution is 0.276. The van der Waals surface area contributed by atoms with Crippen LogP contribution < -0.4 is 5.73 Å². The Kier molecular flexibility index (Phi) is 6.04. The molecular formula is C9H12Cl2FNO. The van der Waals surface area contributed by atoms with Crippen LogP contribution in [-0.2, 0) is 0 Å². The molecule has 1 aromatic carbocycles. The number of benzene rings is 1. The average Bonchev–Trinajstić information content (AvgIpc) is 2.04. The molecule has 0 spiro atoms. The molecule has 2 nitrogen and oxygen atoms in total. The van der Waals surface area contributed by atoms with Gasteiger partial charge in [-0.3, -0.25) is 0 Å². The standard InChI is InChI=1S/C9H11ClFNO.ClH/c10-8-5-6(11)1-2-7(8)9(12)3-4-13;/h1-2,5,9,13H,3-4,12H2;1H/t9-;/m1./s1. The second-order valence-electron chi connectivity index (χ2n) is 2.78. The van der Waals surface area contributed by atoms with Crippen LogP contribution in [0.4, 0.5) is 4.39 Å². The zero-order valence-corrected chi connectivity index (χ0v) is 8.98. The van der Waals surface area contributed by atoms with Crippen LogP contribution in [-0.4, -0.2) is 11.7 Å². The highest BCUT2D eigenvalue weighted by Crippen LogP contribution is 2.23. The Bertz CT molecular complexity index is 296. The van der Waals surface area contributed by atoms with E-state index in [2.05, 4.69) is 0 Å². The Morgan fingerprint density at radius 2 is 2.14 bits per heavy atom. The minimum Gasteiger partial charge on any atom is -0.396 e. The van der Waals surface area contributed by atoms with Crippen LogP contribution in [0.15, 0.2) is 18.2 Å². The number of halogens is 3. The third-order valence-corrected chi connectivity index (χ3v) is 2.13. The molecule has 1 rings (SSSR count). The van der Waals surface area contributed by atoms with Gasteiger partial charge in [-0.1, -0.05) is 17.7 Å². The second kappa shape index (κ2) is 6.19. The Morgan fingerprint density at radius 1 is 1.50 bits per heavy atom. The third-order valence-electron chi connectivity index (χ3n) is 1.80. The summed E-state index contributed by atoms with van der Waals surface area (Å²) in [5, 5.41) is 8.95. The van der Waals surface area contributed by atoms with Crippen molar-refractivity contribution in [2.75, 3.05) is 6.61 Å². The zero-order valence-electron chi connectivity index (χ0n) is 7.41. The number of aliphatic hydroxyl groups excluding tert-OH is 1. The smallest absolute Gasteiger partial charge is 0.124 e. The van der Waals surface area contributed by atoms with Crippen molar-refractivity contribution in [2.45, 2.75) is 12.5 Å². The van der Waals surface area contributed by atoms with E-state index in [-0.39, 0.29) is 30.9 Å². The highest BCUT2D eigenvalue weighted by atomic mass is 35.5. The van der Waals surface area contributed by atoms with Crippen molar-refractivity contribution in [1.82, 2.24) is 0 Å². The molecule has 3 N–H and O–H groups in total. The maximum Gasteiger partial charge on any atom is 0.124 e. The minimum absolute atomic E-state index is 0. The lowest BCUT2D eigenvalue weighted by Gasteiger charge is -2.11. The van der Waals surface area contributed by atoms with Crippen LogP contribution in [0.2, 0.25) is 5.02 Å². The van der Waals surface area contributed by atoms with E-state index < -0.39 is 0 Å². The molecule has 0 unspecified atom stereocenters. The third kappa shape index (κ3) is 3.42. The van der Waals surface area contributed by atoms with Gasteiger partial charge in [-0.15, -0.1) is 12.4 Å². The van der Waals surface area contributed by atoms with Gasteiger partial charge in [0.1, 0.15) is 5.82 Å². The van der Waals surface area contributed by atoms with E-state index >= 15 is 0 Å². The lowest BCUT2D eigenvalue weighted by atomic mass is 10.1. The number of hydrogen-bond donors (Lipinski definition) is 2. The van der Waals surface area contributed by atoms with Crippen molar-refractivity contribution >= 4 is 24.0 Å². The topological polar surface area (TPSA) is 46.2 Å². The predicted molar refractivity (Wildman–Crippen MR) is 57.3 cm³/mol. The van der Waals surface area contributed by atoms with Crippen LogP contribution >= 0.6 is 24.0 Å². The molecule has 0 aromatic heterocycles. The van der Waals surface area contributed by atoms with E-state index in [1.807, 2.05) is 0 Å². The van der Waals surface area contributed by atoms with Crippen molar-refractivity contribution in [3.05, 3.63) is 34.6 Å². The molecule has 0 saturated heterocycles. The van der Waals surface area contributed by atoms with Crippen LogP contribution in [0.1, 0.15) is 18.0 Å². The molecule has 0 radical (unpaired) electrons. The molecule has 1 atom stereocenters. The van der Waals surface area contributed by atoms with Crippen LogP contribution in [0.5, 0.6) is 0 Å². The first-order chi connectivity index (χ1) is 6.15. The Balaban J connectivity index is 0.00000169. The SMILES string of the molecule is Cl.N[C@H](CCO)c1ccc(F)cc1Cl. The second-order valence-corrected chi connectivity index (χ2v) is 3.19. The molecule has 5 heteroatoms. The van der Waals surface area contributed by atoms with Gasteiger partial charge >= 0.3 is 0 Å². The maximum atomic E-state index is 12.6. The maximum absolute atomic E-state index is 12.6. The molecule has 0 heterocycles. The summed E-state index contributed by atoms with van der Waals surface area (Å²) in [6, 6.07) is 3.72. The van der Waals surface area contributed by atoms with E-state index in [1.54, 1.807) is 0 Å². The van der Waals surface area contributed by atoms with Crippen LogP contribution in [0.3, 0.4) is 0 Å². The van der Waals surface area contributed by atoms with Crippen molar-refractivity contribution in [1.29, 1.82) is 0 Å². The van der Waals surface area contributed by atoms with Gasteiger partial charge < -0.3 is 10.8 Å². The summed E-state index contributed by atoms with van der Waals surface area (Å²) in [4.78, 5) is 0. The van der Waals surface area contributed by atoms with Crippen molar-refractivity contribution in [3.63, 3.8) is 0 Å². The average molecular weight is 240 g/mol. The highest BCUT2D eigenvalue weighted by molar-refractivity contribution is 6.31. The number of rotatable bonds is 3. The summed E-state index contributed by atoms with van der Waals surface area (Å²) in [6.45, 7) is -0.00509. The highest BCUT2D eigenvalue weighted by Gasteiger charge is 2.09. The zero-order chi connectivity index (χ0) is 9.84. The van der Waals surface area contributed by atoms with E-state index in [1.165, 1.54) is 18.2 Å². The van der Waals surface area contributed by atoms with Crippen molar-refractivity contribution < 1.29 is 9.50 Å². The summed E-state index contributed by atoms with van der Waals surface area (Å²) in [7, 11) is 0. The fraction of sp³-hybridized carbons (Fsp3) is 0.333. The van der Waals surface area contributed by atoms with Crippen molar-refractivity contribution in [2.24, 2.45) is 5.73 Å². The van der Waals surface area contributed by atoms with Gasteiger partial charge in [0.25, 0.3) is 0 Å². The molecule has 0 aliphatic heterocycles. The molecule has 0 aliphatic rings. The fourth-order valence-electron chi connectivity index (χ4n) is 1.10. The van der Waals surface area contributed by atoms with Gasteiger partial charge in [-0.25, -0.2) is 4.39 Å². The summed E-state index contributed by atoms with van der Waals surface area (Å²) in [6.07, 6.45) is 0.422. The van der Waals surface area contributed by atoms with Gasteiger partial charge in [-0.05, 0) is 24.1 Å². The van der Waals surface area contributed by atoms with Gasteiger partial charge in [0, 0.05) is 17.7 Å². The summed E-state index contributed by atoms with van der Waals surface area (Å²) < 4.78 is 12.6. The Labute approximate surface area is 93.3 Å². The summed E-state index contributed by atoms with van der Waals surface area (Å²) >= 11 is 5.76. The van der Waals surface area contributed by atoms with Gasteiger partial charge in [0.05, 0.1) is 0 Å². The van der Waals surface area contributed by atoms with Gasteiger partial charge in [0.15, 0.2) is 0 Å².